The Morgan fingerprint density at radius 2 is 1.88 bits per heavy atom. The van der Waals surface area contributed by atoms with Crippen LogP contribution in [0.25, 0.3) is 0 Å². The number of hydroxylamine groups is 2. The van der Waals surface area contributed by atoms with E-state index in [0.717, 1.165) is 51.5 Å². The van der Waals surface area contributed by atoms with Crippen LogP contribution in [0.5, 0.6) is 11.5 Å². The van der Waals surface area contributed by atoms with E-state index in [0.29, 0.717) is 11.9 Å². The van der Waals surface area contributed by atoms with Gasteiger partial charge in [0, 0.05) is 5.38 Å². The average Bonchev–Trinajstić information content (AvgIpc) is 3.64. The van der Waals surface area contributed by atoms with Crippen molar-refractivity contribution in [2.45, 2.75) is 30.9 Å². The summed E-state index contributed by atoms with van der Waals surface area (Å²) in [4.78, 5) is 97.4. The minimum atomic E-state index is -1.89. The zero-order chi connectivity index (χ0) is 37.9. The Morgan fingerprint density at radius 3 is 2.49 bits per heavy atom. The third-order valence-electron chi connectivity index (χ3n) is 6.91. The molecule has 274 valence electrons. The van der Waals surface area contributed by atoms with Crippen molar-refractivity contribution in [3.8, 4) is 11.5 Å². The Bertz CT molecular complexity index is 1820. The molecule has 0 radical (unpaired) electrons. The van der Waals surface area contributed by atoms with Crippen LogP contribution >= 0.6 is 34.9 Å². The number of hydrogen-bond donors (Lipinski definition) is 8. The van der Waals surface area contributed by atoms with Gasteiger partial charge in [0.1, 0.15) is 30.2 Å². The van der Waals surface area contributed by atoms with Gasteiger partial charge in [0.2, 0.25) is 11.5 Å². The number of aromatic nitrogens is 1. The quantitative estimate of drug-likeness (QED) is 0.0287. The number of phenolic OH excluding ortho intramolecular Hbond substituents is 2. The van der Waals surface area contributed by atoms with Crippen LogP contribution in [-0.4, -0.2) is 140 Å². The summed E-state index contributed by atoms with van der Waals surface area (Å²) < 4.78 is 1.06. The molecule has 1 aromatic carbocycles. The zero-order valence-electron chi connectivity index (χ0n) is 26.2. The zero-order valence-corrected chi connectivity index (χ0v) is 28.6. The number of rotatable bonds is 14. The van der Waals surface area contributed by atoms with Gasteiger partial charge in [0.25, 0.3) is 17.7 Å². The van der Waals surface area contributed by atoms with Gasteiger partial charge in [-0.05, 0) is 37.9 Å². The number of nitrogen functional groups attached to an aromatic ring is 1. The highest BCUT2D eigenvalue weighted by Crippen LogP contribution is 2.36. The number of oxime groups is 1. The van der Waals surface area contributed by atoms with E-state index in [-0.39, 0.29) is 29.0 Å². The van der Waals surface area contributed by atoms with Crippen molar-refractivity contribution in [1.29, 1.82) is 0 Å². The molecule has 2 aliphatic heterocycles. The van der Waals surface area contributed by atoms with Crippen LogP contribution in [0.1, 0.15) is 29.9 Å². The molecule has 4 rings (SSSR count). The maximum atomic E-state index is 13.4. The third-order valence-corrected chi connectivity index (χ3v) is 9.30. The molecule has 0 saturated carbocycles. The first kappa shape index (κ1) is 38.2. The first-order chi connectivity index (χ1) is 23.8. The summed E-state index contributed by atoms with van der Waals surface area (Å²) in [6, 6.07) is -0.376. The highest BCUT2D eigenvalue weighted by Gasteiger charge is 2.52. The van der Waals surface area contributed by atoms with E-state index in [9.17, 15) is 59.2 Å². The number of hydrogen-bond acceptors (Lipinski definition) is 16. The van der Waals surface area contributed by atoms with Gasteiger partial charge in [0.05, 0.1) is 23.7 Å². The number of benzene rings is 1. The van der Waals surface area contributed by atoms with Gasteiger partial charge in [-0.15, -0.1) is 11.3 Å². The molecule has 1 unspecified atom stereocenters. The fraction of sp³-hybridized carbons (Fsp3) is 0.346. The predicted octanol–water partition coefficient (Wildman–Crippen LogP) is -0.940. The van der Waals surface area contributed by atoms with Gasteiger partial charge in [-0.3, -0.25) is 38.9 Å². The summed E-state index contributed by atoms with van der Waals surface area (Å²) >= 11 is 7.40. The lowest BCUT2D eigenvalue weighted by molar-refractivity contribution is -0.161. The second-order valence-electron chi connectivity index (χ2n) is 11.0. The molecule has 25 heteroatoms. The molecular formula is C26H28ClN9O13S2. The fourth-order valence-corrected chi connectivity index (χ4v) is 6.22. The molecule has 6 amide bonds. The van der Waals surface area contributed by atoms with Gasteiger partial charge >= 0.3 is 18.0 Å². The van der Waals surface area contributed by atoms with Crippen molar-refractivity contribution >= 4 is 87.3 Å². The molecule has 51 heavy (non-hydrogen) atoms. The number of amides is 6. The van der Waals surface area contributed by atoms with Gasteiger partial charge < -0.3 is 41.2 Å². The van der Waals surface area contributed by atoms with Crippen molar-refractivity contribution in [3.05, 3.63) is 33.8 Å². The number of carbonyl (C=O) groups excluding carboxylic acids is 5. The van der Waals surface area contributed by atoms with Crippen LogP contribution in [-0.2, 0) is 28.8 Å². The van der Waals surface area contributed by atoms with E-state index in [1.807, 2.05) is 0 Å². The van der Waals surface area contributed by atoms with Crippen molar-refractivity contribution in [3.63, 3.8) is 0 Å². The van der Waals surface area contributed by atoms with E-state index < -0.39 is 99.5 Å². The SMILES string of the molecule is CC(C)(O/N=C(\C(=O)N[C@@H]1C(=O)N(CC(=O)O)C1SN1CCN(NC(=O)CN(O)C(=O)c2ccc(O)c(O)c2Cl)C1=O)c1csc(N)n1)C(=O)O. The van der Waals surface area contributed by atoms with Crippen LogP contribution in [0, 0.1) is 0 Å². The van der Waals surface area contributed by atoms with Crippen LogP contribution in [0.15, 0.2) is 22.7 Å². The Morgan fingerprint density at radius 1 is 1.20 bits per heavy atom. The molecule has 3 heterocycles. The maximum absolute atomic E-state index is 13.4. The van der Waals surface area contributed by atoms with Gasteiger partial charge in [-0.1, -0.05) is 16.8 Å². The number of β-lactam (4-membered cyclic amide) rings is 1. The Kier molecular flexibility index (Phi) is 11.3. The number of thiazole rings is 1. The summed E-state index contributed by atoms with van der Waals surface area (Å²) in [7, 11) is 0. The van der Waals surface area contributed by atoms with E-state index in [1.54, 1.807) is 0 Å². The normalized spacial score (nSPS) is 17.6. The lowest BCUT2D eigenvalue weighted by Crippen LogP contribution is -2.71. The van der Waals surface area contributed by atoms with Gasteiger partial charge in [-0.2, -0.15) is 0 Å². The molecule has 0 bridgehead atoms. The molecular weight excluding hydrogens is 746 g/mol. The number of aliphatic carboxylic acids is 2. The van der Waals surface area contributed by atoms with Crippen LogP contribution < -0.4 is 16.5 Å². The van der Waals surface area contributed by atoms with Crippen LogP contribution in [0.3, 0.4) is 0 Å². The molecule has 2 saturated heterocycles. The third kappa shape index (κ3) is 8.42. The minimum absolute atomic E-state index is 0.0216. The van der Waals surface area contributed by atoms with Crippen molar-refractivity contribution < 1.29 is 64.0 Å². The highest BCUT2D eigenvalue weighted by molar-refractivity contribution is 7.98. The number of halogens is 1. The highest BCUT2D eigenvalue weighted by atomic mass is 35.5. The number of anilines is 1. The number of likely N-dealkylation sites (tertiary alicyclic amines) is 1. The topological polar surface area (TPSA) is 318 Å². The lowest BCUT2D eigenvalue weighted by atomic mass is 10.1. The van der Waals surface area contributed by atoms with E-state index in [4.69, 9.17) is 22.2 Å². The first-order valence-corrected chi connectivity index (χ1v) is 16.2. The summed E-state index contributed by atoms with van der Waals surface area (Å²) in [5.41, 5.74) is 4.84. The smallest absolute Gasteiger partial charge is 0.350 e. The standard InChI is InChI=1S/C26H28ClN9O13S2/c1-26(2,23(45)46)49-32-16(11-9-50-24(28)29-11)19(42)30-17-21(44)33(8-14(39)40)22(17)51-36-6-5-34(25(36)47)31-13(38)7-35(48)20(43)10-3-4-12(37)18(41)15(10)27/h3-4,9,17,22,37,41,48H,5-8H2,1-2H3,(H2,28,29)(H,30,42)(H,31,38)(H,39,40)(H,45,46)/b32-16-/t17-,22?/m1/s1. The number of phenols is 2. The largest absolute Gasteiger partial charge is 0.504 e. The first-order valence-electron chi connectivity index (χ1n) is 14.1. The van der Waals surface area contributed by atoms with E-state index in [2.05, 4.69) is 20.9 Å². The lowest BCUT2D eigenvalue weighted by Gasteiger charge is -2.46. The Balaban J connectivity index is 1.43. The predicted molar refractivity (Wildman–Crippen MR) is 173 cm³/mol. The van der Waals surface area contributed by atoms with Crippen LogP contribution in [0.4, 0.5) is 9.93 Å². The maximum Gasteiger partial charge on any atom is 0.350 e. The second kappa shape index (κ2) is 15.1. The van der Waals surface area contributed by atoms with Gasteiger partial charge in [-0.25, -0.2) is 24.6 Å². The van der Waals surface area contributed by atoms with E-state index >= 15 is 0 Å². The summed E-state index contributed by atoms with van der Waals surface area (Å²) in [6.45, 7) is 0.260. The Labute approximate surface area is 299 Å². The summed E-state index contributed by atoms with van der Waals surface area (Å²) in [5, 5.41) is 54.4. The molecule has 0 aliphatic carbocycles. The molecule has 2 fully saturated rings. The van der Waals surface area contributed by atoms with Crippen LogP contribution in [0.2, 0.25) is 5.02 Å². The van der Waals surface area contributed by atoms with Gasteiger partial charge in [0.15, 0.2) is 22.3 Å². The average molecular weight is 774 g/mol. The molecule has 2 aliphatic rings. The van der Waals surface area contributed by atoms with Crippen molar-refractivity contribution in [2.24, 2.45) is 5.16 Å². The molecule has 0 spiro atoms. The van der Waals surface area contributed by atoms with E-state index in [1.165, 1.54) is 5.38 Å². The van der Waals surface area contributed by atoms with Crippen molar-refractivity contribution in [2.75, 3.05) is 31.9 Å². The number of nitrogens with zero attached hydrogens (tertiary/aromatic N) is 6. The summed E-state index contributed by atoms with van der Waals surface area (Å²) in [6.07, 6.45) is 0. The number of urea groups is 1. The number of carboxylic acid groups (broad SMARTS) is 2. The number of nitrogens with one attached hydrogen (secondary N) is 2. The Hall–Kier alpha value is -5.59. The molecule has 2 aromatic rings. The second-order valence-corrected chi connectivity index (χ2v) is 13.4. The monoisotopic (exact) mass is 773 g/mol. The van der Waals surface area contributed by atoms with Crippen molar-refractivity contribution in [1.82, 2.24) is 35.0 Å². The number of carboxylic acids is 2. The fourth-order valence-electron chi connectivity index (χ4n) is 4.20. The molecule has 22 nitrogen and oxygen atoms in total. The number of carbonyl (C=O) groups is 7. The molecule has 1 aromatic heterocycles. The molecule has 2 atom stereocenters. The number of nitrogens with two attached hydrogens (primary N) is 1. The number of aromatic hydroxyl groups is 2. The minimum Gasteiger partial charge on any atom is -0.504 e. The number of hydrazine groups is 1. The summed E-state index contributed by atoms with van der Waals surface area (Å²) in [5.74, 6) is -8.48. The molecule has 9 N–H and O–H groups in total.